The summed E-state index contributed by atoms with van der Waals surface area (Å²) in [4.78, 5) is 0. The zero-order valence-corrected chi connectivity index (χ0v) is 10.9. The Morgan fingerprint density at radius 1 is 1.24 bits per heavy atom. The van der Waals surface area contributed by atoms with Crippen LogP contribution in [-0.2, 0) is 25.0 Å². The molecule has 6 heteroatoms. The van der Waals surface area contributed by atoms with Gasteiger partial charge in [0.05, 0.1) is 13.2 Å². The van der Waals surface area contributed by atoms with E-state index in [1.165, 1.54) is 14.2 Å². The lowest BCUT2D eigenvalue weighted by Crippen LogP contribution is -2.27. The maximum Gasteiger partial charge on any atom is 0.349 e. The van der Waals surface area contributed by atoms with Gasteiger partial charge in [-0.05, 0) is 5.56 Å². The Kier molecular flexibility index (Phi) is 5.82. The third-order valence-corrected chi connectivity index (χ3v) is 4.29. The van der Waals surface area contributed by atoms with Crippen LogP contribution in [0.25, 0.3) is 0 Å². The molecule has 0 heterocycles. The van der Waals surface area contributed by atoms with Crippen LogP contribution in [0.4, 0.5) is 0 Å². The van der Waals surface area contributed by atoms with Crippen molar-refractivity contribution in [2.75, 3.05) is 20.8 Å². The van der Waals surface area contributed by atoms with Gasteiger partial charge in [0.15, 0.2) is 0 Å². The summed E-state index contributed by atoms with van der Waals surface area (Å²) in [6.07, 6.45) is 0. The number of hydrogen-bond donors (Lipinski definition) is 1. The van der Waals surface area contributed by atoms with Crippen LogP contribution in [0.3, 0.4) is 0 Å². The Bertz CT molecular complexity index is 363. The maximum absolute atomic E-state index is 11.8. The van der Waals surface area contributed by atoms with Gasteiger partial charge in [0.2, 0.25) is 0 Å². The fraction of sp³-hybridized carbons (Fsp3) is 0.455. The van der Waals surface area contributed by atoms with Crippen LogP contribution in [0, 0.1) is 0 Å². The first-order valence-electron chi connectivity index (χ1n) is 5.21. The summed E-state index contributed by atoms with van der Waals surface area (Å²) in [6.45, 7) is 0.538. The molecule has 0 saturated heterocycles. The fourth-order valence-corrected chi connectivity index (χ4v) is 2.29. The summed E-state index contributed by atoms with van der Waals surface area (Å²) < 4.78 is 26.8. The van der Waals surface area contributed by atoms with E-state index in [0.717, 1.165) is 5.56 Å². The van der Waals surface area contributed by atoms with Crippen LogP contribution < -0.4 is 5.73 Å². The zero-order chi connectivity index (χ0) is 12.7. The SMILES string of the molecule is COP(=O)(OC)[C@H](N)COCc1ccccc1. The molecule has 0 unspecified atom stereocenters. The van der Waals surface area contributed by atoms with Crippen molar-refractivity contribution in [1.29, 1.82) is 0 Å². The van der Waals surface area contributed by atoms with Gasteiger partial charge in [-0.2, -0.15) is 0 Å². The number of rotatable bonds is 7. The number of ether oxygens (including phenoxy) is 1. The van der Waals surface area contributed by atoms with E-state index >= 15 is 0 Å². The Labute approximate surface area is 101 Å². The van der Waals surface area contributed by atoms with E-state index in [1.807, 2.05) is 30.3 Å². The molecule has 2 N–H and O–H groups in total. The molecule has 0 aliphatic rings. The van der Waals surface area contributed by atoms with E-state index < -0.39 is 13.4 Å². The number of nitrogens with two attached hydrogens (primary N) is 1. The zero-order valence-electron chi connectivity index (χ0n) is 10.0. The Morgan fingerprint density at radius 2 is 1.82 bits per heavy atom. The van der Waals surface area contributed by atoms with Gasteiger partial charge in [0.25, 0.3) is 0 Å². The normalized spacial score (nSPS) is 13.6. The van der Waals surface area contributed by atoms with Crippen molar-refractivity contribution in [1.82, 2.24) is 0 Å². The minimum Gasteiger partial charge on any atom is -0.374 e. The first-order chi connectivity index (χ1) is 8.12. The number of hydrogen-bond acceptors (Lipinski definition) is 5. The monoisotopic (exact) mass is 259 g/mol. The molecule has 17 heavy (non-hydrogen) atoms. The van der Waals surface area contributed by atoms with Gasteiger partial charge in [-0.15, -0.1) is 0 Å². The van der Waals surface area contributed by atoms with Gasteiger partial charge in [-0.1, -0.05) is 30.3 Å². The highest BCUT2D eigenvalue weighted by atomic mass is 31.2. The van der Waals surface area contributed by atoms with Gasteiger partial charge in [-0.3, -0.25) is 4.57 Å². The van der Waals surface area contributed by atoms with Crippen molar-refractivity contribution in [2.45, 2.75) is 12.4 Å². The largest absolute Gasteiger partial charge is 0.374 e. The molecule has 0 aromatic heterocycles. The molecule has 0 radical (unpaired) electrons. The molecule has 0 fully saturated rings. The second-order valence-corrected chi connectivity index (χ2v) is 5.95. The minimum atomic E-state index is -3.24. The molecule has 96 valence electrons. The van der Waals surface area contributed by atoms with Crippen LogP contribution in [0.1, 0.15) is 5.56 Å². The van der Waals surface area contributed by atoms with Crippen molar-refractivity contribution in [3.63, 3.8) is 0 Å². The Hall–Kier alpha value is -0.710. The lowest BCUT2D eigenvalue weighted by atomic mass is 10.2. The highest BCUT2D eigenvalue weighted by molar-refractivity contribution is 7.54. The van der Waals surface area contributed by atoms with Gasteiger partial charge < -0.3 is 19.5 Å². The predicted octanol–water partition coefficient (Wildman–Crippen LogP) is 1.97. The van der Waals surface area contributed by atoms with E-state index in [1.54, 1.807) is 0 Å². The second kappa shape index (κ2) is 6.89. The maximum atomic E-state index is 11.8. The van der Waals surface area contributed by atoms with Crippen LogP contribution in [0.2, 0.25) is 0 Å². The predicted molar refractivity (Wildman–Crippen MR) is 65.7 cm³/mol. The average molecular weight is 259 g/mol. The molecular weight excluding hydrogens is 241 g/mol. The standard InChI is InChI=1S/C11H18NO4P/c1-14-17(13,15-2)11(12)9-16-8-10-6-4-3-5-7-10/h3-7,11H,8-9,12H2,1-2H3/t11-/m0/s1. The summed E-state index contributed by atoms with van der Waals surface area (Å²) in [5, 5.41) is 0. The molecule has 1 aromatic carbocycles. The molecule has 1 aromatic rings. The summed E-state index contributed by atoms with van der Waals surface area (Å²) in [5.41, 5.74) is 6.73. The molecule has 0 spiro atoms. The minimum absolute atomic E-state index is 0.119. The van der Waals surface area contributed by atoms with Crippen molar-refractivity contribution in [3.8, 4) is 0 Å². The highest BCUT2D eigenvalue weighted by Crippen LogP contribution is 2.49. The first kappa shape index (κ1) is 14.4. The van der Waals surface area contributed by atoms with Gasteiger partial charge in [-0.25, -0.2) is 0 Å². The Morgan fingerprint density at radius 3 is 2.35 bits per heavy atom. The van der Waals surface area contributed by atoms with Crippen molar-refractivity contribution in [2.24, 2.45) is 5.73 Å². The lowest BCUT2D eigenvalue weighted by molar-refractivity contribution is 0.113. The van der Waals surface area contributed by atoms with Gasteiger partial charge in [0.1, 0.15) is 5.78 Å². The average Bonchev–Trinajstić information content (AvgIpc) is 2.39. The van der Waals surface area contributed by atoms with Crippen LogP contribution in [0.15, 0.2) is 30.3 Å². The molecule has 1 atom stereocenters. The molecule has 0 bridgehead atoms. The second-order valence-electron chi connectivity index (χ2n) is 3.47. The summed E-state index contributed by atoms with van der Waals surface area (Å²) >= 11 is 0. The van der Waals surface area contributed by atoms with E-state index in [-0.39, 0.29) is 6.61 Å². The first-order valence-corrected chi connectivity index (χ1v) is 6.82. The molecule has 0 amide bonds. The third-order valence-electron chi connectivity index (χ3n) is 2.32. The van der Waals surface area contributed by atoms with Crippen molar-refractivity contribution in [3.05, 3.63) is 35.9 Å². The highest BCUT2D eigenvalue weighted by Gasteiger charge is 2.30. The van der Waals surface area contributed by atoms with Gasteiger partial charge >= 0.3 is 7.60 Å². The lowest BCUT2D eigenvalue weighted by Gasteiger charge is -2.20. The molecule has 0 aliphatic carbocycles. The molecule has 5 nitrogen and oxygen atoms in total. The van der Waals surface area contributed by atoms with Crippen LogP contribution in [-0.4, -0.2) is 26.6 Å². The van der Waals surface area contributed by atoms with E-state index in [0.29, 0.717) is 6.61 Å². The molecule has 1 rings (SSSR count). The van der Waals surface area contributed by atoms with Crippen LogP contribution in [0.5, 0.6) is 0 Å². The van der Waals surface area contributed by atoms with Crippen molar-refractivity contribution < 1.29 is 18.3 Å². The third kappa shape index (κ3) is 4.22. The van der Waals surface area contributed by atoms with Crippen LogP contribution >= 0.6 is 7.60 Å². The summed E-state index contributed by atoms with van der Waals surface area (Å²) in [6, 6.07) is 9.66. The smallest absolute Gasteiger partial charge is 0.349 e. The molecule has 0 saturated carbocycles. The van der Waals surface area contributed by atoms with Crippen molar-refractivity contribution >= 4 is 7.60 Å². The van der Waals surface area contributed by atoms with E-state index in [9.17, 15) is 4.57 Å². The molecular formula is C11H18NO4P. The fourth-order valence-electron chi connectivity index (χ4n) is 1.31. The molecule has 0 aliphatic heterocycles. The topological polar surface area (TPSA) is 70.8 Å². The summed E-state index contributed by atoms with van der Waals surface area (Å²) in [5.74, 6) is -0.777. The van der Waals surface area contributed by atoms with Gasteiger partial charge in [0, 0.05) is 14.2 Å². The summed E-state index contributed by atoms with van der Waals surface area (Å²) in [7, 11) is -0.627. The quantitative estimate of drug-likeness (QED) is 0.758. The Balaban J connectivity index is 2.39. The van der Waals surface area contributed by atoms with E-state index in [2.05, 4.69) is 0 Å². The number of benzene rings is 1. The van der Waals surface area contributed by atoms with E-state index in [4.69, 9.17) is 19.5 Å².